The fourth-order valence-electron chi connectivity index (χ4n) is 3.97. The van der Waals surface area contributed by atoms with Crippen LogP contribution in [0.4, 0.5) is 23.7 Å². The zero-order valence-corrected chi connectivity index (χ0v) is 20.0. The smallest absolute Gasteiger partial charge is 0.416 e. The van der Waals surface area contributed by atoms with Crippen LogP contribution < -0.4 is 10.6 Å². The zero-order chi connectivity index (χ0) is 27.3. The number of hydrogen-bond donors (Lipinski definition) is 2. The van der Waals surface area contributed by atoms with Gasteiger partial charge in [0, 0.05) is 31.5 Å². The largest absolute Gasteiger partial charge is 0.462 e. The van der Waals surface area contributed by atoms with Gasteiger partial charge in [-0.05, 0) is 42.8 Å². The number of ether oxygens (including phenoxy) is 2. The first-order valence-electron chi connectivity index (χ1n) is 11.0. The summed E-state index contributed by atoms with van der Waals surface area (Å²) in [5.41, 5.74) is 5.17. The molecular weight excluding hydrogens is 491 g/mol. The van der Waals surface area contributed by atoms with E-state index in [1.54, 1.807) is 0 Å². The van der Waals surface area contributed by atoms with Gasteiger partial charge < -0.3 is 15.2 Å². The van der Waals surface area contributed by atoms with Crippen LogP contribution in [0.2, 0.25) is 0 Å². The number of guanidine groups is 1. The maximum Gasteiger partial charge on any atom is 0.416 e. The summed E-state index contributed by atoms with van der Waals surface area (Å²) < 4.78 is 50.6. The van der Waals surface area contributed by atoms with Crippen LogP contribution in [0.1, 0.15) is 36.1 Å². The number of primary amides is 1. The molecule has 1 atom stereocenters. The fraction of sp³-hybridized carbons (Fsp3) is 0.280. The van der Waals surface area contributed by atoms with Gasteiger partial charge in [0.15, 0.2) is 0 Å². The number of hydrogen-bond acceptors (Lipinski definition) is 6. The number of carbonyl (C=O) groups is 2. The van der Waals surface area contributed by atoms with Crippen LogP contribution in [0.15, 0.2) is 59.8 Å². The van der Waals surface area contributed by atoms with Gasteiger partial charge >= 0.3 is 18.2 Å². The predicted octanol–water partition coefficient (Wildman–Crippen LogP) is 4.31. The van der Waals surface area contributed by atoms with Gasteiger partial charge in [-0.3, -0.25) is 15.2 Å². The summed E-state index contributed by atoms with van der Waals surface area (Å²) in [6.07, 6.45) is -4.29. The first-order chi connectivity index (χ1) is 17.5. The molecule has 12 heteroatoms. The quantitative estimate of drug-likeness (QED) is 0.417. The molecule has 0 bridgehead atoms. The van der Waals surface area contributed by atoms with Crippen molar-refractivity contribution in [2.75, 3.05) is 25.2 Å². The van der Waals surface area contributed by atoms with Gasteiger partial charge in [0.05, 0.1) is 29.4 Å². The third kappa shape index (κ3) is 5.73. The van der Waals surface area contributed by atoms with E-state index in [1.807, 2.05) is 6.07 Å². The first kappa shape index (κ1) is 27.2. The van der Waals surface area contributed by atoms with Crippen molar-refractivity contribution in [3.05, 3.63) is 76.5 Å². The molecule has 0 unspecified atom stereocenters. The molecule has 9 nitrogen and oxygen atoms in total. The van der Waals surface area contributed by atoms with Gasteiger partial charge in [-0.15, -0.1) is 0 Å². The van der Waals surface area contributed by atoms with Gasteiger partial charge in [0.2, 0.25) is 5.96 Å². The molecule has 2 aromatic carbocycles. The van der Waals surface area contributed by atoms with Crippen molar-refractivity contribution in [2.45, 2.75) is 25.6 Å². The van der Waals surface area contributed by atoms with Crippen LogP contribution in [0, 0.1) is 16.7 Å². The van der Waals surface area contributed by atoms with E-state index in [-0.39, 0.29) is 23.6 Å². The Balaban J connectivity index is 2.22. The minimum atomic E-state index is -4.66. The van der Waals surface area contributed by atoms with Crippen LogP contribution in [-0.4, -0.2) is 43.2 Å². The minimum absolute atomic E-state index is 0.0267. The van der Waals surface area contributed by atoms with Crippen molar-refractivity contribution in [1.29, 1.82) is 10.7 Å². The lowest BCUT2D eigenvalue weighted by atomic mass is 9.92. The van der Waals surface area contributed by atoms with Gasteiger partial charge in [0.1, 0.15) is 6.04 Å². The number of nitriles is 1. The maximum atomic E-state index is 13.4. The average Bonchev–Trinajstić information content (AvgIpc) is 2.85. The summed E-state index contributed by atoms with van der Waals surface area (Å²) >= 11 is 0. The lowest BCUT2D eigenvalue weighted by molar-refractivity contribution is -0.140. The second-order valence-electron chi connectivity index (χ2n) is 8.03. The number of methoxy groups -OCH3 is 1. The second-order valence-corrected chi connectivity index (χ2v) is 8.03. The van der Waals surface area contributed by atoms with Crippen LogP contribution in [0.5, 0.6) is 0 Å². The Morgan fingerprint density at radius 2 is 1.84 bits per heavy atom. The molecule has 0 radical (unpaired) electrons. The summed E-state index contributed by atoms with van der Waals surface area (Å²) in [6.45, 7) is 1.73. The number of benzene rings is 2. The molecule has 194 valence electrons. The summed E-state index contributed by atoms with van der Waals surface area (Å²) in [6, 6.07) is 9.69. The first-order valence-corrected chi connectivity index (χ1v) is 11.0. The van der Waals surface area contributed by atoms with Gasteiger partial charge in [-0.25, -0.2) is 9.59 Å². The molecule has 1 heterocycles. The highest BCUT2D eigenvalue weighted by atomic mass is 19.4. The standard InChI is InChI=1S/C25H24F3N5O4/c1-15-20(22(34)37-12-4-11-36-2)21(17-9-7-16(14-29)8-10-17)33(24(31)35)23(30)32(15)19-6-3-5-18(13-19)25(26,27)28/h3,5-10,13,21,30H,4,11-12H2,1-2H3,(H2,31,35)/t21-/m1/s1. The number of halogens is 3. The van der Waals surface area contributed by atoms with Crippen molar-refractivity contribution in [3.63, 3.8) is 0 Å². The Morgan fingerprint density at radius 1 is 1.16 bits per heavy atom. The van der Waals surface area contributed by atoms with E-state index in [2.05, 4.69) is 0 Å². The van der Waals surface area contributed by atoms with Crippen LogP contribution in [0.25, 0.3) is 0 Å². The van der Waals surface area contributed by atoms with E-state index in [4.69, 9.17) is 25.9 Å². The van der Waals surface area contributed by atoms with Crippen LogP contribution >= 0.6 is 0 Å². The molecule has 3 N–H and O–H groups in total. The van der Waals surface area contributed by atoms with E-state index in [9.17, 15) is 22.8 Å². The Bertz CT molecular complexity index is 1270. The molecule has 2 amide bonds. The van der Waals surface area contributed by atoms with Crippen molar-refractivity contribution in [2.24, 2.45) is 5.73 Å². The number of nitrogens with zero attached hydrogens (tertiary/aromatic N) is 3. The van der Waals surface area contributed by atoms with Gasteiger partial charge in [0.25, 0.3) is 0 Å². The molecule has 3 rings (SSSR count). The molecule has 0 saturated carbocycles. The number of nitrogens with two attached hydrogens (primary N) is 1. The fourth-order valence-corrected chi connectivity index (χ4v) is 3.97. The maximum absolute atomic E-state index is 13.4. The molecule has 0 saturated heterocycles. The summed E-state index contributed by atoms with van der Waals surface area (Å²) in [5.74, 6) is -1.41. The van der Waals surface area contributed by atoms with Crippen LogP contribution in [0.3, 0.4) is 0 Å². The Labute approximate surface area is 211 Å². The van der Waals surface area contributed by atoms with E-state index >= 15 is 0 Å². The number of allylic oxidation sites excluding steroid dienone is 1. The topological polar surface area (TPSA) is 133 Å². The predicted molar refractivity (Wildman–Crippen MR) is 127 cm³/mol. The minimum Gasteiger partial charge on any atom is -0.462 e. The SMILES string of the molecule is COCCCOC(=O)C1=C(C)N(c2cccc(C(F)(F)F)c2)C(=N)N(C(N)=O)[C@@H]1c1ccc(C#N)cc1. The summed E-state index contributed by atoms with van der Waals surface area (Å²) in [7, 11) is 1.49. The molecule has 0 aromatic heterocycles. The third-order valence-electron chi connectivity index (χ3n) is 5.67. The molecule has 1 aliphatic rings. The number of nitrogens with one attached hydrogen (secondary N) is 1. The monoisotopic (exact) mass is 515 g/mol. The van der Waals surface area contributed by atoms with Crippen molar-refractivity contribution < 1.29 is 32.2 Å². The normalized spacial score (nSPS) is 16.0. The molecule has 37 heavy (non-hydrogen) atoms. The molecule has 2 aromatic rings. The van der Waals surface area contributed by atoms with Crippen molar-refractivity contribution in [1.82, 2.24) is 4.90 Å². The molecule has 0 spiro atoms. The Hall–Kier alpha value is -4.37. The van der Waals surface area contributed by atoms with Crippen molar-refractivity contribution >= 4 is 23.6 Å². The highest BCUT2D eigenvalue weighted by Gasteiger charge is 2.44. The summed E-state index contributed by atoms with van der Waals surface area (Å²) in [4.78, 5) is 27.8. The number of anilines is 1. The number of carbonyl (C=O) groups excluding carboxylic acids is 2. The number of rotatable bonds is 7. The number of amides is 2. The van der Waals surface area contributed by atoms with E-state index in [1.165, 1.54) is 44.4 Å². The average molecular weight is 515 g/mol. The molecular formula is C25H24F3N5O4. The second kappa shape index (κ2) is 11.1. The van der Waals surface area contributed by atoms with E-state index in [0.29, 0.717) is 24.2 Å². The molecule has 1 aliphatic heterocycles. The molecule has 0 fully saturated rings. The Morgan fingerprint density at radius 3 is 2.41 bits per heavy atom. The third-order valence-corrected chi connectivity index (χ3v) is 5.67. The lowest BCUT2D eigenvalue weighted by Gasteiger charge is -2.43. The summed E-state index contributed by atoms with van der Waals surface area (Å²) in [5, 5.41) is 17.9. The highest BCUT2D eigenvalue weighted by molar-refractivity contribution is 6.10. The lowest BCUT2D eigenvalue weighted by Crippen LogP contribution is -2.55. The zero-order valence-electron chi connectivity index (χ0n) is 20.0. The Kier molecular flexibility index (Phi) is 8.19. The number of alkyl halides is 3. The van der Waals surface area contributed by atoms with Crippen molar-refractivity contribution in [3.8, 4) is 6.07 Å². The van der Waals surface area contributed by atoms with Gasteiger partial charge in [-0.1, -0.05) is 18.2 Å². The van der Waals surface area contributed by atoms with Crippen LogP contribution in [-0.2, 0) is 20.4 Å². The highest BCUT2D eigenvalue weighted by Crippen LogP contribution is 2.41. The van der Waals surface area contributed by atoms with E-state index in [0.717, 1.165) is 28.0 Å². The number of esters is 1. The molecule has 0 aliphatic carbocycles. The number of urea groups is 1. The van der Waals surface area contributed by atoms with Gasteiger partial charge in [-0.2, -0.15) is 18.4 Å². The van der Waals surface area contributed by atoms with E-state index < -0.39 is 35.7 Å².